The van der Waals surface area contributed by atoms with Crippen LogP contribution in [0.2, 0.25) is 0 Å². The minimum Gasteiger partial charge on any atom is -0.394 e. The van der Waals surface area contributed by atoms with E-state index in [4.69, 9.17) is 10.5 Å². The fourth-order valence-corrected chi connectivity index (χ4v) is 4.61. The van der Waals surface area contributed by atoms with Crippen molar-refractivity contribution in [2.75, 3.05) is 26.4 Å². The fourth-order valence-electron chi connectivity index (χ4n) is 3.71. The van der Waals surface area contributed by atoms with Crippen LogP contribution < -0.4 is 5.73 Å². The van der Waals surface area contributed by atoms with Crippen LogP contribution >= 0.6 is 11.3 Å². The van der Waals surface area contributed by atoms with Crippen LogP contribution in [0.15, 0.2) is 24.0 Å². The van der Waals surface area contributed by atoms with Crippen molar-refractivity contribution in [3.63, 3.8) is 0 Å². The van der Waals surface area contributed by atoms with Crippen molar-refractivity contribution >= 4 is 34.1 Å². The molecule has 160 valence electrons. The van der Waals surface area contributed by atoms with Gasteiger partial charge < -0.3 is 35.3 Å². The van der Waals surface area contributed by atoms with Gasteiger partial charge in [-0.2, -0.15) is 0 Å². The number of nitrogens with zero attached hydrogens (tertiary/aromatic N) is 4. The molecular formula is C19H23N5O5S. The number of anilines is 1. The number of nitrogens with two attached hydrogens (primary N) is 1. The quantitative estimate of drug-likeness (QED) is 0.464. The first-order valence-electron chi connectivity index (χ1n) is 9.25. The lowest BCUT2D eigenvalue weighted by Gasteiger charge is -2.27. The first-order valence-corrected chi connectivity index (χ1v) is 10.1. The summed E-state index contributed by atoms with van der Waals surface area (Å²) in [6.07, 6.45) is -0.249. The van der Waals surface area contributed by atoms with Gasteiger partial charge in [0, 0.05) is 36.1 Å². The Balaban J connectivity index is 1.87. The summed E-state index contributed by atoms with van der Waals surface area (Å²) < 4.78 is 7.33. The van der Waals surface area contributed by atoms with E-state index in [1.165, 1.54) is 29.5 Å². The summed E-state index contributed by atoms with van der Waals surface area (Å²) in [5, 5.41) is 33.1. The molecule has 1 fully saturated rings. The van der Waals surface area contributed by atoms with Crippen LogP contribution in [0.3, 0.4) is 0 Å². The van der Waals surface area contributed by atoms with Gasteiger partial charge in [0.05, 0.1) is 17.6 Å². The summed E-state index contributed by atoms with van der Waals surface area (Å²) in [6, 6.07) is 1.76. The van der Waals surface area contributed by atoms with Crippen molar-refractivity contribution in [2.24, 2.45) is 0 Å². The van der Waals surface area contributed by atoms with Crippen LogP contribution in [-0.2, 0) is 4.74 Å². The van der Waals surface area contributed by atoms with E-state index in [1.54, 1.807) is 36.3 Å². The Labute approximate surface area is 176 Å². The number of hydrogen-bond acceptors (Lipinski definition) is 9. The van der Waals surface area contributed by atoms with Crippen molar-refractivity contribution in [1.82, 2.24) is 19.4 Å². The molecule has 4 atom stereocenters. The van der Waals surface area contributed by atoms with Crippen molar-refractivity contribution in [3.05, 3.63) is 29.5 Å². The van der Waals surface area contributed by atoms with Gasteiger partial charge in [0.2, 0.25) is 0 Å². The standard InChI is InChI=1S/C19H23N5O5S/c1-19(28)14(26)11(6-25)29-18(19)24-5-10(13-15(20)21-8-22-16(13)24)12-4-9(7-30-12)17(27)23(2)3/h4-5,7-8,11,14,18,25-26,28H,6H2,1-3H3,(H2,20,21,22). The van der Waals surface area contributed by atoms with Crippen molar-refractivity contribution in [3.8, 4) is 10.4 Å². The highest BCUT2D eigenvalue weighted by Gasteiger charge is 2.53. The first-order chi connectivity index (χ1) is 14.2. The molecule has 1 amide bonds. The molecular weight excluding hydrogens is 410 g/mol. The summed E-state index contributed by atoms with van der Waals surface area (Å²) in [4.78, 5) is 22.9. The van der Waals surface area contributed by atoms with Crippen LogP contribution in [0.1, 0.15) is 23.5 Å². The number of thiophene rings is 1. The van der Waals surface area contributed by atoms with Gasteiger partial charge in [-0.3, -0.25) is 4.79 Å². The molecule has 30 heavy (non-hydrogen) atoms. The molecule has 0 aromatic carbocycles. The summed E-state index contributed by atoms with van der Waals surface area (Å²) in [5.41, 5.74) is 6.08. The first kappa shape index (κ1) is 20.7. The zero-order valence-electron chi connectivity index (χ0n) is 16.7. The second kappa shape index (κ2) is 7.29. The number of ether oxygens (including phenoxy) is 1. The Hall–Kier alpha value is -2.57. The van der Waals surface area contributed by atoms with Crippen LogP contribution in [0.5, 0.6) is 0 Å². The molecule has 4 unspecified atom stereocenters. The number of carbonyl (C=O) groups excluding carboxylic acids is 1. The molecule has 4 heterocycles. The third kappa shape index (κ3) is 3.06. The summed E-state index contributed by atoms with van der Waals surface area (Å²) in [7, 11) is 3.36. The lowest BCUT2D eigenvalue weighted by Crippen LogP contribution is -2.44. The Bertz CT molecular complexity index is 1110. The molecule has 0 saturated carbocycles. The zero-order valence-corrected chi connectivity index (χ0v) is 17.5. The lowest BCUT2D eigenvalue weighted by molar-refractivity contribution is -0.0948. The van der Waals surface area contributed by atoms with E-state index in [1.807, 2.05) is 0 Å². The van der Waals surface area contributed by atoms with Crippen molar-refractivity contribution in [1.29, 1.82) is 0 Å². The predicted octanol–water partition coefficient (Wildman–Crippen LogP) is 0.445. The average molecular weight is 433 g/mol. The van der Waals surface area contributed by atoms with Crippen LogP contribution in [0.25, 0.3) is 21.5 Å². The van der Waals surface area contributed by atoms with Gasteiger partial charge in [0.25, 0.3) is 5.91 Å². The van der Waals surface area contributed by atoms with Crippen LogP contribution in [0, 0.1) is 0 Å². The molecule has 3 aromatic rings. The average Bonchev–Trinajstić information content (AvgIpc) is 3.38. The second-order valence-electron chi connectivity index (χ2n) is 7.69. The molecule has 10 nitrogen and oxygen atoms in total. The van der Waals surface area contributed by atoms with Gasteiger partial charge in [-0.15, -0.1) is 11.3 Å². The lowest BCUT2D eigenvalue weighted by atomic mass is 9.96. The molecule has 3 aromatic heterocycles. The fraction of sp³-hybridized carbons (Fsp3) is 0.421. The molecule has 1 saturated heterocycles. The SMILES string of the molecule is CN(C)C(=O)c1csc(-c2cn(C3OC(CO)C(O)C3(C)O)c3ncnc(N)c23)c1. The highest BCUT2D eigenvalue weighted by molar-refractivity contribution is 7.14. The molecule has 0 radical (unpaired) electrons. The number of nitrogen functional groups attached to an aromatic ring is 1. The van der Waals surface area contributed by atoms with E-state index in [0.717, 1.165) is 4.88 Å². The topological polar surface area (TPSA) is 147 Å². The summed E-state index contributed by atoms with van der Waals surface area (Å²) in [6.45, 7) is 0.991. The molecule has 0 bridgehead atoms. The maximum Gasteiger partial charge on any atom is 0.254 e. The maximum absolute atomic E-state index is 12.3. The molecule has 4 rings (SSSR count). The van der Waals surface area contributed by atoms with Gasteiger partial charge in [0.1, 0.15) is 35.6 Å². The molecule has 0 spiro atoms. The predicted molar refractivity (Wildman–Crippen MR) is 111 cm³/mol. The maximum atomic E-state index is 12.3. The van der Waals surface area contributed by atoms with Gasteiger partial charge in [-0.05, 0) is 13.0 Å². The van der Waals surface area contributed by atoms with Gasteiger partial charge in [-0.1, -0.05) is 0 Å². The highest BCUT2D eigenvalue weighted by Crippen LogP contribution is 2.43. The van der Waals surface area contributed by atoms with Gasteiger partial charge in [0.15, 0.2) is 6.23 Å². The molecule has 0 aliphatic carbocycles. The van der Waals surface area contributed by atoms with Crippen molar-refractivity contribution < 1.29 is 24.9 Å². The molecule has 11 heteroatoms. The third-order valence-electron chi connectivity index (χ3n) is 5.34. The largest absolute Gasteiger partial charge is 0.394 e. The molecule has 1 aliphatic heterocycles. The Kier molecular flexibility index (Phi) is 5.03. The number of amides is 1. The van der Waals surface area contributed by atoms with E-state index in [-0.39, 0.29) is 11.7 Å². The van der Waals surface area contributed by atoms with E-state index < -0.39 is 30.6 Å². The summed E-state index contributed by atoms with van der Waals surface area (Å²) in [5.74, 6) is 0.112. The second-order valence-corrected chi connectivity index (χ2v) is 8.60. The molecule has 1 aliphatic rings. The smallest absolute Gasteiger partial charge is 0.254 e. The van der Waals surface area contributed by atoms with Crippen LogP contribution in [-0.4, -0.2) is 79.2 Å². The van der Waals surface area contributed by atoms with Crippen LogP contribution in [0.4, 0.5) is 5.82 Å². The van der Waals surface area contributed by atoms with Gasteiger partial charge in [-0.25, -0.2) is 9.97 Å². The minimum atomic E-state index is -1.68. The number of aliphatic hydroxyl groups is 3. The monoisotopic (exact) mass is 433 g/mol. The number of carbonyl (C=O) groups is 1. The Morgan fingerprint density at radius 2 is 2.17 bits per heavy atom. The number of rotatable bonds is 4. The minimum absolute atomic E-state index is 0.124. The van der Waals surface area contributed by atoms with E-state index >= 15 is 0 Å². The normalized spacial score (nSPS) is 26.4. The highest BCUT2D eigenvalue weighted by atomic mass is 32.1. The number of aliphatic hydroxyl groups excluding tert-OH is 2. The van der Waals surface area contributed by atoms with Crippen molar-refractivity contribution in [2.45, 2.75) is 31.0 Å². The number of hydrogen-bond donors (Lipinski definition) is 4. The molecule has 5 N–H and O–H groups in total. The Morgan fingerprint density at radius 1 is 1.43 bits per heavy atom. The third-order valence-corrected chi connectivity index (χ3v) is 6.31. The zero-order chi connectivity index (χ0) is 21.8. The van der Waals surface area contributed by atoms with E-state index in [0.29, 0.717) is 22.2 Å². The summed E-state index contributed by atoms with van der Waals surface area (Å²) >= 11 is 1.37. The number of fused-ring (bicyclic) bond motifs is 1. The number of aromatic nitrogens is 3. The van der Waals surface area contributed by atoms with Gasteiger partial charge >= 0.3 is 0 Å². The Morgan fingerprint density at radius 3 is 2.80 bits per heavy atom. The van der Waals surface area contributed by atoms with E-state index in [2.05, 4.69) is 9.97 Å². The van der Waals surface area contributed by atoms with E-state index in [9.17, 15) is 20.1 Å².